The van der Waals surface area contributed by atoms with Gasteiger partial charge in [0.15, 0.2) is 0 Å². The molecule has 0 spiro atoms. The van der Waals surface area contributed by atoms with E-state index in [1.54, 1.807) is 0 Å². The Labute approximate surface area is 79.7 Å². The summed E-state index contributed by atoms with van der Waals surface area (Å²) in [6.45, 7) is 0.317. The molecule has 0 atom stereocenters. The summed E-state index contributed by atoms with van der Waals surface area (Å²) in [5.41, 5.74) is 5.24. The van der Waals surface area contributed by atoms with E-state index in [1.807, 2.05) is 0 Å². The highest BCUT2D eigenvalue weighted by Gasteiger charge is 2.33. The minimum Gasteiger partial charge on any atom is -0.726 e. The van der Waals surface area contributed by atoms with Crippen LogP contribution < -0.4 is 5.73 Å². The van der Waals surface area contributed by atoms with Crippen LogP contribution in [0.2, 0.25) is 0 Å². The fraction of sp³-hybridized carbons (Fsp3) is 1.00. The average molecular weight is 209 g/mol. The zero-order chi connectivity index (χ0) is 9.95. The highest BCUT2D eigenvalue weighted by molar-refractivity contribution is 7.80. The van der Waals surface area contributed by atoms with Gasteiger partial charge in [0.05, 0.1) is 6.61 Å². The smallest absolute Gasteiger partial charge is 0.726 e. The Kier molecular flexibility index (Phi) is 3.28. The van der Waals surface area contributed by atoms with Crippen molar-refractivity contribution in [2.45, 2.75) is 25.7 Å². The molecule has 1 aliphatic rings. The Hall–Kier alpha value is -0.170. The molecule has 0 aromatic rings. The van der Waals surface area contributed by atoms with Gasteiger partial charge in [-0.3, -0.25) is 4.18 Å². The zero-order valence-electron chi connectivity index (χ0n) is 8.36. The number of hydrogen-bond acceptors (Lipinski definition) is 5. The van der Waals surface area contributed by atoms with Crippen LogP contribution >= 0.6 is 0 Å². The molecule has 0 radical (unpaired) electrons. The van der Waals surface area contributed by atoms with Gasteiger partial charge in [0.1, 0.15) is 0 Å². The Morgan fingerprint density at radius 2 is 2.00 bits per heavy atom. The maximum absolute atomic E-state index is 10.2. The van der Waals surface area contributed by atoms with Crippen LogP contribution in [0.4, 0.5) is 0 Å². The van der Waals surface area contributed by atoms with Crippen molar-refractivity contribution in [3.63, 3.8) is 0 Å². The first-order valence-electron chi connectivity index (χ1n) is 4.28. The van der Waals surface area contributed by atoms with Gasteiger partial charge in [0, 0.05) is 12.0 Å². The summed E-state index contributed by atoms with van der Waals surface area (Å²) in [4.78, 5) is 0. The van der Waals surface area contributed by atoms with Crippen LogP contribution in [0.5, 0.6) is 0 Å². The highest BCUT2D eigenvalue weighted by atomic mass is 32.3. The number of nitrogens with two attached hydrogens (primary N) is 1. The third-order valence-corrected chi connectivity index (χ3v) is 3.01. The normalized spacial score (nSPS) is 22.0. The molecule has 6 heteroatoms. The van der Waals surface area contributed by atoms with Gasteiger partial charge in [-0.2, -0.15) is 0 Å². The summed E-state index contributed by atoms with van der Waals surface area (Å²) >= 11 is 0. The lowest BCUT2D eigenvalue weighted by molar-refractivity contribution is 0.144. The molecule has 0 amide bonds. The fourth-order valence-electron chi connectivity index (χ4n) is 1.73. The van der Waals surface area contributed by atoms with Crippen LogP contribution in [-0.2, 0) is 14.6 Å². The standard InChI is InChI=1S/C7H15NO4S/c8-5-7(3-1-2-4-7)6-12-13(9,10)11/h1-6,8H2,(H,9,10,11). The van der Waals surface area contributed by atoms with E-state index in [9.17, 15) is 13.0 Å². The minimum atomic E-state index is -4.57. The molecule has 0 aliphatic heterocycles. The van der Waals surface area contributed by atoms with Crippen molar-refractivity contribution in [1.82, 2.24) is 0 Å². The molecule has 1 rings (SSSR count). The largest absolute Gasteiger partial charge is 1.00 e. The molecule has 0 aromatic heterocycles. The van der Waals surface area contributed by atoms with Crippen molar-refractivity contribution in [2.75, 3.05) is 13.2 Å². The van der Waals surface area contributed by atoms with E-state index in [2.05, 4.69) is 4.18 Å². The molecular weight excluding hydrogens is 194 g/mol. The molecular formula is C7H15NO4S. The topological polar surface area (TPSA) is 92.5 Å². The van der Waals surface area contributed by atoms with Gasteiger partial charge < -0.3 is 10.3 Å². The third kappa shape index (κ3) is 3.22. The second kappa shape index (κ2) is 3.91. The molecule has 0 saturated heterocycles. The second-order valence-corrected chi connectivity index (χ2v) is 4.63. The Morgan fingerprint density at radius 3 is 2.38 bits per heavy atom. The van der Waals surface area contributed by atoms with Crippen LogP contribution in [-0.4, -0.2) is 26.1 Å². The van der Waals surface area contributed by atoms with Crippen molar-refractivity contribution in [2.24, 2.45) is 11.1 Å². The van der Waals surface area contributed by atoms with E-state index >= 15 is 0 Å². The summed E-state index contributed by atoms with van der Waals surface area (Å²) in [7, 11) is -4.57. The molecule has 5 nitrogen and oxygen atoms in total. The van der Waals surface area contributed by atoms with Crippen molar-refractivity contribution in [3.05, 3.63) is 0 Å². The molecule has 0 aromatic carbocycles. The predicted octanol–water partition coefficient (Wildman–Crippen LogP) is 0.0948. The highest BCUT2D eigenvalue weighted by Crippen LogP contribution is 2.37. The molecule has 1 fully saturated rings. The summed E-state index contributed by atoms with van der Waals surface area (Å²) in [6.07, 6.45) is 3.75. The molecule has 0 bridgehead atoms. The quantitative estimate of drug-likeness (QED) is 0.523. The van der Waals surface area contributed by atoms with Gasteiger partial charge in [-0.25, -0.2) is 8.42 Å². The lowest BCUT2D eigenvalue weighted by Gasteiger charge is -2.26. The second-order valence-electron chi connectivity index (χ2n) is 3.58. The molecule has 1 aliphatic carbocycles. The van der Waals surface area contributed by atoms with Crippen LogP contribution in [0.25, 0.3) is 0 Å². The van der Waals surface area contributed by atoms with Gasteiger partial charge in [-0.05, 0) is 12.8 Å². The summed E-state index contributed by atoms with van der Waals surface area (Å²) in [5, 5.41) is 0. The first-order valence-corrected chi connectivity index (χ1v) is 5.61. The SMILES string of the molecule is NCC1(COS(=O)(=O)[O-])CCCC1.[H+]. The first kappa shape index (κ1) is 10.9. The average Bonchev–Trinajstić information content (AvgIpc) is 2.49. The van der Waals surface area contributed by atoms with E-state index in [0.717, 1.165) is 25.7 Å². The number of rotatable bonds is 4. The Balaban J connectivity index is 0.00000169. The maximum Gasteiger partial charge on any atom is 1.00 e. The van der Waals surface area contributed by atoms with Crippen LogP contribution in [0.15, 0.2) is 0 Å². The zero-order valence-corrected chi connectivity index (χ0v) is 8.18. The monoisotopic (exact) mass is 209 g/mol. The summed E-state index contributed by atoms with van der Waals surface area (Å²) in [6, 6.07) is 0. The Morgan fingerprint density at radius 1 is 1.46 bits per heavy atom. The molecule has 78 valence electrons. The van der Waals surface area contributed by atoms with E-state index in [1.165, 1.54) is 0 Å². The fourth-order valence-corrected chi connectivity index (χ4v) is 2.12. The van der Waals surface area contributed by atoms with E-state index in [-0.39, 0.29) is 13.4 Å². The van der Waals surface area contributed by atoms with Crippen molar-refractivity contribution in [1.29, 1.82) is 0 Å². The van der Waals surface area contributed by atoms with Crippen LogP contribution in [0, 0.1) is 5.41 Å². The predicted molar refractivity (Wildman–Crippen MR) is 46.7 cm³/mol. The van der Waals surface area contributed by atoms with Crippen molar-refractivity contribution >= 4 is 10.4 Å². The summed E-state index contributed by atoms with van der Waals surface area (Å²) in [5.74, 6) is 0. The van der Waals surface area contributed by atoms with Gasteiger partial charge in [0.25, 0.3) is 0 Å². The van der Waals surface area contributed by atoms with E-state index in [0.29, 0.717) is 6.54 Å². The van der Waals surface area contributed by atoms with Gasteiger partial charge in [-0.1, -0.05) is 12.8 Å². The summed E-state index contributed by atoms with van der Waals surface area (Å²) < 4.78 is 34.9. The van der Waals surface area contributed by atoms with E-state index in [4.69, 9.17) is 5.73 Å². The Bertz CT molecular complexity index is 261. The molecule has 0 unspecified atom stereocenters. The first-order chi connectivity index (χ1) is 5.97. The van der Waals surface area contributed by atoms with Gasteiger partial charge >= 0.3 is 1.43 Å². The lowest BCUT2D eigenvalue weighted by Crippen LogP contribution is -2.33. The van der Waals surface area contributed by atoms with Crippen LogP contribution in [0.1, 0.15) is 27.1 Å². The molecule has 13 heavy (non-hydrogen) atoms. The third-order valence-electron chi connectivity index (χ3n) is 2.61. The molecule has 1 saturated carbocycles. The van der Waals surface area contributed by atoms with Crippen molar-refractivity contribution in [3.8, 4) is 0 Å². The lowest BCUT2D eigenvalue weighted by atomic mass is 9.88. The van der Waals surface area contributed by atoms with E-state index < -0.39 is 10.4 Å². The van der Waals surface area contributed by atoms with Gasteiger partial charge in [-0.15, -0.1) is 0 Å². The maximum atomic E-state index is 10.2. The molecule has 0 heterocycles. The minimum absolute atomic E-state index is 0. The van der Waals surface area contributed by atoms with Gasteiger partial charge in [0.2, 0.25) is 10.4 Å². The number of hydrogen-bond donors (Lipinski definition) is 1. The molecule has 2 N–H and O–H groups in total. The van der Waals surface area contributed by atoms with Crippen molar-refractivity contribution < 1.29 is 18.6 Å². The van der Waals surface area contributed by atoms with Crippen LogP contribution in [0.3, 0.4) is 0 Å².